The zero-order valence-corrected chi connectivity index (χ0v) is 17.9. The van der Waals surface area contributed by atoms with Gasteiger partial charge in [0.05, 0.1) is 6.04 Å². The van der Waals surface area contributed by atoms with E-state index in [0.717, 1.165) is 12.8 Å². The van der Waals surface area contributed by atoms with Crippen LogP contribution in [0.25, 0.3) is 0 Å². The minimum absolute atomic E-state index is 0.00109. The summed E-state index contributed by atoms with van der Waals surface area (Å²) >= 11 is 0. The van der Waals surface area contributed by atoms with Gasteiger partial charge in [-0.05, 0) is 50.9 Å². The highest BCUT2D eigenvalue weighted by atomic mass is 16.6. The summed E-state index contributed by atoms with van der Waals surface area (Å²) < 4.78 is 5.55. The normalized spacial score (nSPS) is 28.9. The standard InChI is InChI=1S/C21H36N2O4/c1-9-10-17(23(8)18(26)27-19(3,4)5)21(7)12-11-16(22-15(2)25)20(21,6)13-14-24/h1,16-17,24H,10-14H2,2-8H3,(H,22,25)/t16-,17+,20-,21-/m1/s1. The summed E-state index contributed by atoms with van der Waals surface area (Å²) in [5, 5.41) is 12.8. The van der Waals surface area contributed by atoms with E-state index >= 15 is 0 Å². The third kappa shape index (κ3) is 4.95. The van der Waals surface area contributed by atoms with Crippen LogP contribution in [-0.2, 0) is 9.53 Å². The molecular formula is C21H36N2O4. The van der Waals surface area contributed by atoms with Gasteiger partial charge in [-0.25, -0.2) is 4.79 Å². The SMILES string of the molecule is C#CC[C@H](N(C)C(=O)OC(C)(C)C)[C@@]1(C)CC[C@@H](NC(C)=O)[C@@]1(C)CCO. The van der Waals surface area contributed by atoms with E-state index in [4.69, 9.17) is 11.2 Å². The quantitative estimate of drug-likeness (QED) is 0.695. The topological polar surface area (TPSA) is 78.9 Å². The number of hydrogen-bond acceptors (Lipinski definition) is 4. The molecule has 0 heterocycles. The summed E-state index contributed by atoms with van der Waals surface area (Å²) in [7, 11) is 1.71. The number of rotatable bonds is 6. The number of aliphatic hydroxyl groups excluding tert-OH is 1. The second kappa shape index (κ2) is 8.52. The Bertz CT molecular complexity index is 592. The van der Waals surface area contributed by atoms with Gasteiger partial charge < -0.3 is 20.1 Å². The Kier molecular flexibility index (Phi) is 7.35. The molecule has 0 aromatic carbocycles. The summed E-state index contributed by atoms with van der Waals surface area (Å²) in [6, 6.07) is -0.355. The Morgan fingerprint density at radius 2 is 2.00 bits per heavy atom. The molecule has 2 N–H and O–H groups in total. The third-order valence-electron chi connectivity index (χ3n) is 6.23. The fourth-order valence-corrected chi connectivity index (χ4v) is 4.52. The maximum Gasteiger partial charge on any atom is 0.410 e. The van der Waals surface area contributed by atoms with Gasteiger partial charge in [-0.3, -0.25) is 4.79 Å². The average Bonchev–Trinajstić information content (AvgIpc) is 2.76. The second-order valence-electron chi connectivity index (χ2n) is 9.12. The highest BCUT2D eigenvalue weighted by molar-refractivity contribution is 5.73. The number of nitrogens with zero attached hydrogens (tertiary/aromatic N) is 1. The van der Waals surface area contributed by atoms with Crippen LogP contribution in [-0.4, -0.2) is 53.3 Å². The van der Waals surface area contributed by atoms with Gasteiger partial charge in [-0.2, -0.15) is 0 Å². The van der Waals surface area contributed by atoms with Crippen LogP contribution < -0.4 is 5.32 Å². The maximum absolute atomic E-state index is 12.7. The van der Waals surface area contributed by atoms with Crippen LogP contribution in [0.15, 0.2) is 0 Å². The summed E-state index contributed by atoms with van der Waals surface area (Å²) in [6.07, 6.45) is 7.68. The van der Waals surface area contributed by atoms with Gasteiger partial charge in [-0.1, -0.05) is 13.8 Å². The minimum Gasteiger partial charge on any atom is -0.444 e. The molecule has 0 aromatic rings. The van der Waals surface area contributed by atoms with Gasteiger partial charge in [0.1, 0.15) is 5.60 Å². The van der Waals surface area contributed by atoms with E-state index in [-0.39, 0.29) is 30.0 Å². The van der Waals surface area contributed by atoms with Crippen LogP contribution in [0.4, 0.5) is 4.79 Å². The van der Waals surface area contributed by atoms with Crippen LogP contribution >= 0.6 is 0 Å². The smallest absolute Gasteiger partial charge is 0.410 e. The zero-order valence-electron chi connectivity index (χ0n) is 17.9. The van der Waals surface area contributed by atoms with E-state index in [2.05, 4.69) is 25.1 Å². The van der Waals surface area contributed by atoms with Crippen LogP contribution in [0.5, 0.6) is 0 Å². The maximum atomic E-state index is 12.7. The van der Waals surface area contributed by atoms with Gasteiger partial charge >= 0.3 is 6.09 Å². The monoisotopic (exact) mass is 380 g/mol. The van der Waals surface area contributed by atoms with Crippen molar-refractivity contribution in [2.24, 2.45) is 10.8 Å². The molecule has 6 heteroatoms. The van der Waals surface area contributed by atoms with Crippen molar-refractivity contribution in [2.75, 3.05) is 13.7 Å². The number of ether oxygens (including phenoxy) is 1. The van der Waals surface area contributed by atoms with Crippen molar-refractivity contribution in [1.82, 2.24) is 10.2 Å². The summed E-state index contributed by atoms with van der Waals surface area (Å²) in [5.41, 5.74) is -1.40. The third-order valence-corrected chi connectivity index (χ3v) is 6.23. The molecule has 1 aliphatic rings. The van der Waals surface area contributed by atoms with E-state index in [0.29, 0.717) is 12.8 Å². The van der Waals surface area contributed by atoms with Gasteiger partial charge in [0.2, 0.25) is 5.91 Å². The molecule has 154 valence electrons. The van der Waals surface area contributed by atoms with Crippen molar-refractivity contribution in [2.45, 2.75) is 84.9 Å². The molecule has 0 bridgehead atoms. The molecule has 1 fully saturated rings. The van der Waals surface area contributed by atoms with Crippen molar-refractivity contribution in [3.8, 4) is 12.3 Å². The molecule has 2 amide bonds. The Morgan fingerprint density at radius 1 is 1.41 bits per heavy atom. The van der Waals surface area contributed by atoms with Gasteiger partial charge in [0.15, 0.2) is 0 Å². The molecule has 0 aromatic heterocycles. The number of hydrogen-bond donors (Lipinski definition) is 2. The lowest BCUT2D eigenvalue weighted by molar-refractivity contribution is -0.121. The Hall–Kier alpha value is -1.74. The van der Waals surface area contributed by atoms with Crippen molar-refractivity contribution < 1.29 is 19.4 Å². The number of aliphatic hydroxyl groups is 1. The molecule has 0 radical (unpaired) electrons. The Labute approximate surface area is 164 Å². The molecule has 1 rings (SSSR count). The Morgan fingerprint density at radius 3 is 2.44 bits per heavy atom. The molecule has 0 aliphatic heterocycles. The predicted molar refractivity (Wildman–Crippen MR) is 106 cm³/mol. The van der Waals surface area contributed by atoms with Crippen molar-refractivity contribution in [3.05, 3.63) is 0 Å². The van der Waals surface area contributed by atoms with Crippen molar-refractivity contribution >= 4 is 12.0 Å². The lowest BCUT2D eigenvalue weighted by Gasteiger charge is -2.51. The van der Waals surface area contributed by atoms with Gasteiger partial charge in [0.25, 0.3) is 0 Å². The number of carbonyl (C=O) groups excluding carboxylic acids is 2. The van der Waals surface area contributed by atoms with Gasteiger partial charge in [-0.15, -0.1) is 12.3 Å². The highest BCUT2D eigenvalue weighted by Crippen LogP contribution is 2.58. The first-order valence-corrected chi connectivity index (χ1v) is 9.59. The number of carbonyl (C=O) groups is 2. The lowest BCUT2D eigenvalue weighted by Crippen LogP contribution is -2.57. The van der Waals surface area contributed by atoms with E-state index in [1.807, 2.05) is 20.8 Å². The summed E-state index contributed by atoms with van der Waals surface area (Å²) in [4.78, 5) is 26.0. The van der Waals surface area contributed by atoms with Crippen LogP contribution in [0, 0.1) is 23.2 Å². The zero-order chi connectivity index (χ0) is 21.0. The Balaban J connectivity index is 3.28. The molecule has 0 unspecified atom stereocenters. The molecule has 6 nitrogen and oxygen atoms in total. The molecule has 1 saturated carbocycles. The lowest BCUT2D eigenvalue weighted by atomic mass is 9.60. The van der Waals surface area contributed by atoms with E-state index < -0.39 is 17.1 Å². The first-order chi connectivity index (χ1) is 12.3. The molecule has 1 aliphatic carbocycles. The van der Waals surface area contributed by atoms with Crippen LogP contribution in [0.3, 0.4) is 0 Å². The average molecular weight is 381 g/mol. The molecule has 0 spiro atoms. The molecular weight excluding hydrogens is 344 g/mol. The van der Waals surface area contributed by atoms with E-state index in [9.17, 15) is 14.7 Å². The second-order valence-corrected chi connectivity index (χ2v) is 9.12. The molecule has 0 saturated heterocycles. The largest absolute Gasteiger partial charge is 0.444 e. The molecule has 27 heavy (non-hydrogen) atoms. The van der Waals surface area contributed by atoms with Crippen molar-refractivity contribution in [3.63, 3.8) is 0 Å². The van der Waals surface area contributed by atoms with Crippen LogP contribution in [0.1, 0.15) is 67.2 Å². The summed E-state index contributed by atoms with van der Waals surface area (Å²) in [5.74, 6) is 2.61. The fraction of sp³-hybridized carbons (Fsp3) is 0.810. The van der Waals surface area contributed by atoms with E-state index in [1.54, 1.807) is 11.9 Å². The first kappa shape index (κ1) is 23.3. The van der Waals surface area contributed by atoms with Crippen molar-refractivity contribution in [1.29, 1.82) is 0 Å². The summed E-state index contributed by atoms with van der Waals surface area (Å²) in [6.45, 7) is 11.2. The number of terminal acetylenes is 1. The predicted octanol–water partition coefficient (Wildman–Crippen LogP) is 2.94. The number of nitrogens with one attached hydrogen (secondary N) is 1. The minimum atomic E-state index is -0.601. The van der Waals surface area contributed by atoms with Crippen LogP contribution in [0.2, 0.25) is 0 Å². The molecule has 4 atom stereocenters. The van der Waals surface area contributed by atoms with Gasteiger partial charge in [0, 0.05) is 33.0 Å². The highest BCUT2D eigenvalue weighted by Gasteiger charge is 2.59. The fourth-order valence-electron chi connectivity index (χ4n) is 4.52. The van der Waals surface area contributed by atoms with E-state index in [1.165, 1.54) is 6.92 Å². The number of amides is 2. The first-order valence-electron chi connectivity index (χ1n) is 9.59.